The van der Waals surface area contributed by atoms with Crippen LogP contribution in [0.2, 0.25) is 0 Å². The Balaban J connectivity index is 1.69. The van der Waals surface area contributed by atoms with Crippen LogP contribution in [-0.2, 0) is 9.53 Å². The highest BCUT2D eigenvalue weighted by molar-refractivity contribution is 5.89. The summed E-state index contributed by atoms with van der Waals surface area (Å²) in [4.78, 5) is 25.8. The van der Waals surface area contributed by atoms with E-state index in [9.17, 15) is 9.59 Å². The van der Waals surface area contributed by atoms with E-state index in [0.29, 0.717) is 5.69 Å². The molecular weight excluding hydrogens is 232 g/mol. The molecule has 5 heteroatoms. The van der Waals surface area contributed by atoms with Crippen molar-refractivity contribution in [2.24, 2.45) is 0 Å². The highest BCUT2D eigenvalue weighted by Gasteiger charge is 2.17. The van der Waals surface area contributed by atoms with Crippen molar-refractivity contribution in [2.45, 2.75) is 38.1 Å². The summed E-state index contributed by atoms with van der Waals surface area (Å²) >= 11 is 0. The first-order valence-corrected chi connectivity index (χ1v) is 6.35. The lowest BCUT2D eigenvalue weighted by Gasteiger charge is -2.22. The van der Waals surface area contributed by atoms with Gasteiger partial charge in [-0.3, -0.25) is 4.79 Å². The lowest BCUT2D eigenvalue weighted by Crippen LogP contribution is -2.38. The van der Waals surface area contributed by atoms with Gasteiger partial charge < -0.3 is 15.0 Å². The van der Waals surface area contributed by atoms with Crippen LogP contribution in [0.5, 0.6) is 0 Å². The van der Waals surface area contributed by atoms with Crippen molar-refractivity contribution in [1.29, 1.82) is 0 Å². The molecule has 2 N–H and O–H groups in total. The van der Waals surface area contributed by atoms with E-state index in [4.69, 9.17) is 4.74 Å². The van der Waals surface area contributed by atoms with Gasteiger partial charge in [-0.15, -0.1) is 0 Å². The summed E-state index contributed by atoms with van der Waals surface area (Å²) in [6.07, 6.45) is 7.25. The molecule has 1 amide bonds. The van der Waals surface area contributed by atoms with E-state index < -0.39 is 5.97 Å². The molecule has 18 heavy (non-hydrogen) atoms. The molecule has 1 aromatic heterocycles. The number of esters is 1. The first-order chi connectivity index (χ1) is 8.75. The fourth-order valence-corrected chi connectivity index (χ4v) is 2.18. The Hall–Kier alpha value is -1.78. The molecule has 0 saturated heterocycles. The van der Waals surface area contributed by atoms with Crippen molar-refractivity contribution in [3.8, 4) is 0 Å². The van der Waals surface area contributed by atoms with Crippen LogP contribution >= 0.6 is 0 Å². The zero-order valence-electron chi connectivity index (χ0n) is 10.3. The Labute approximate surface area is 106 Å². The maximum atomic E-state index is 11.6. The lowest BCUT2D eigenvalue weighted by atomic mass is 9.95. The number of hydrogen-bond donors (Lipinski definition) is 2. The number of aromatic nitrogens is 1. The fraction of sp³-hybridized carbons (Fsp3) is 0.538. The molecule has 0 atom stereocenters. The zero-order chi connectivity index (χ0) is 12.8. The molecule has 0 aromatic carbocycles. The van der Waals surface area contributed by atoms with Gasteiger partial charge in [0, 0.05) is 12.2 Å². The highest BCUT2D eigenvalue weighted by Crippen LogP contribution is 2.17. The topological polar surface area (TPSA) is 71.2 Å². The second kappa shape index (κ2) is 6.23. The lowest BCUT2D eigenvalue weighted by molar-refractivity contribution is -0.125. The average molecular weight is 250 g/mol. The van der Waals surface area contributed by atoms with Crippen molar-refractivity contribution in [1.82, 2.24) is 10.3 Å². The number of rotatable bonds is 4. The highest BCUT2D eigenvalue weighted by atomic mass is 16.5. The van der Waals surface area contributed by atoms with Crippen LogP contribution < -0.4 is 5.32 Å². The summed E-state index contributed by atoms with van der Waals surface area (Å²) in [5.74, 6) is -0.722. The number of carbonyl (C=O) groups excluding carboxylic acids is 2. The Morgan fingerprint density at radius 2 is 2.11 bits per heavy atom. The first-order valence-electron chi connectivity index (χ1n) is 6.35. The molecule has 2 rings (SSSR count). The van der Waals surface area contributed by atoms with E-state index >= 15 is 0 Å². The standard InChI is InChI=1S/C13H18N2O3/c16-12(15-10-5-2-1-3-6-10)9-18-13(17)11-7-4-8-14-11/h4,7-8,10,14H,1-3,5-6,9H2,(H,15,16). The number of amides is 1. The number of ether oxygens (including phenoxy) is 1. The number of H-pyrrole nitrogens is 1. The SMILES string of the molecule is O=C(COC(=O)c1ccc[nH]1)NC1CCCCC1. The molecule has 5 nitrogen and oxygen atoms in total. The predicted molar refractivity (Wildman–Crippen MR) is 66.1 cm³/mol. The predicted octanol–water partition coefficient (Wildman–Crippen LogP) is 1.62. The van der Waals surface area contributed by atoms with Crippen LogP contribution in [0.1, 0.15) is 42.6 Å². The van der Waals surface area contributed by atoms with Crippen molar-refractivity contribution in [3.63, 3.8) is 0 Å². The number of hydrogen-bond acceptors (Lipinski definition) is 3. The van der Waals surface area contributed by atoms with Gasteiger partial charge in [-0.05, 0) is 25.0 Å². The van der Waals surface area contributed by atoms with Crippen molar-refractivity contribution < 1.29 is 14.3 Å². The molecule has 0 spiro atoms. The van der Waals surface area contributed by atoms with Gasteiger partial charge in [-0.25, -0.2) is 4.79 Å². The Morgan fingerprint density at radius 3 is 2.78 bits per heavy atom. The molecule has 1 aliphatic rings. The second-order valence-electron chi connectivity index (χ2n) is 4.56. The quantitative estimate of drug-likeness (QED) is 0.798. The van der Waals surface area contributed by atoms with Crippen LogP contribution in [0.4, 0.5) is 0 Å². The number of nitrogens with one attached hydrogen (secondary N) is 2. The van der Waals surface area contributed by atoms with Gasteiger partial charge in [0.05, 0.1) is 0 Å². The fourth-order valence-electron chi connectivity index (χ4n) is 2.18. The Morgan fingerprint density at radius 1 is 1.33 bits per heavy atom. The first kappa shape index (κ1) is 12.7. The normalized spacial score (nSPS) is 16.2. The summed E-state index contributed by atoms with van der Waals surface area (Å²) < 4.78 is 4.91. The maximum absolute atomic E-state index is 11.6. The van der Waals surface area contributed by atoms with Crippen molar-refractivity contribution in [2.75, 3.05) is 6.61 Å². The molecule has 1 aromatic rings. The third kappa shape index (κ3) is 3.61. The van der Waals surface area contributed by atoms with E-state index in [1.165, 1.54) is 6.42 Å². The maximum Gasteiger partial charge on any atom is 0.355 e. The van der Waals surface area contributed by atoms with Crippen LogP contribution in [0, 0.1) is 0 Å². The molecule has 0 unspecified atom stereocenters. The molecule has 1 aliphatic carbocycles. The van der Waals surface area contributed by atoms with Gasteiger partial charge >= 0.3 is 5.97 Å². The van der Waals surface area contributed by atoms with Crippen LogP contribution in [-0.4, -0.2) is 29.5 Å². The zero-order valence-corrected chi connectivity index (χ0v) is 10.3. The van der Waals surface area contributed by atoms with Crippen molar-refractivity contribution >= 4 is 11.9 Å². The van der Waals surface area contributed by atoms with E-state index in [2.05, 4.69) is 10.3 Å². The smallest absolute Gasteiger partial charge is 0.355 e. The van der Waals surface area contributed by atoms with E-state index in [1.54, 1.807) is 18.3 Å². The third-order valence-corrected chi connectivity index (χ3v) is 3.12. The van der Waals surface area contributed by atoms with Gasteiger partial charge in [0.2, 0.25) is 0 Å². The molecule has 0 aliphatic heterocycles. The van der Waals surface area contributed by atoms with Gasteiger partial charge in [0.1, 0.15) is 5.69 Å². The Kier molecular flexibility index (Phi) is 4.39. The molecule has 1 heterocycles. The minimum Gasteiger partial charge on any atom is -0.451 e. The Bertz CT molecular complexity index is 394. The molecular formula is C13H18N2O3. The van der Waals surface area contributed by atoms with E-state index in [0.717, 1.165) is 25.7 Å². The monoisotopic (exact) mass is 250 g/mol. The molecule has 98 valence electrons. The summed E-state index contributed by atoms with van der Waals surface area (Å²) in [5, 5.41) is 2.89. The van der Waals surface area contributed by atoms with E-state index in [1.807, 2.05) is 0 Å². The molecule has 1 fully saturated rings. The molecule has 0 radical (unpaired) electrons. The minimum absolute atomic E-state index is 0.214. The van der Waals surface area contributed by atoms with Crippen LogP contribution in [0.25, 0.3) is 0 Å². The minimum atomic E-state index is -0.501. The third-order valence-electron chi connectivity index (χ3n) is 3.12. The van der Waals surface area contributed by atoms with Gasteiger partial charge in [0.15, 0.2) is 6.61 Å². The van der Waals surface area contributed by atoms with Crippen LogP contribution in [0.15, 0.2) is 18.3 Å². The summed E-state index contributed by atoms with van der Waals surface area (Å²) in [6.45, 7) is -0.214. The van der Waals surface area contributed by atoms with Crippen LogP contribution in [0.3, 0.4) is 0 Å². The van der Waals surface area contributed by atoms with Crippen molar-refractivity contribution in [3.05, 3.63) is 24.0 Å². The number of aromatic amines is 1. The molecule has 0 bridgehead atoms. The average Bonchev–Trinajstić information content (AvgIpc) is 2.91. The largest absolute Gasteiger partial charge is 0.451 e. The van der Waals surface area contributed by atoms with Gasteiger partial charge in [-0.1, -0.05) is 19.3 Å². The summed E-state index contributed by atoms with van der Waals surface area (Å²) in [6, 6.07) is 3.57. The molecule has 1 saturated carbocycles. The van der Waals surface area contributed by atoms with E-state index in [-0.39, 0.29) is 18.6 Å². The second-order valence-corrected chi connectivity index (χ2v) is 4.56. The number of carbonyl (C=O) groups is 2. The summed E-state index contributed by atoms with van der Waals surface area (Å²) in [7, 11) is 0. The van der Waals surface area contributed by atoms with Gasteiger partial charge in [0.25, 0.3) is 5.91 Å². The van der Waals surface area contributed by atoms with Gasteiger partial charge in [-0.2, -0.15) is 0 Å². The summed E-state index contributed by atoms with van der Waals surface area (Å²) in [5.41, 5.74) is 0.362.